The molecule has 1 atom stereocenters. The van der Waals surface area contributed by atoms with Crippen molar-refractivity contribution in [2.24, 2.45) is 0 Å². The molecule has 2 N–H and O–H groups in total. The number of anilines is 1. The van der Waals surface area contributed by atoms with Crippen molar-refractivity contribution in [2.45, 2.75) is 25.7 Å². The Hall–Kier alpha value is -2.38. The van der Waals surface area contributed by atoms with Crippen molar-refractivity contribution in [1.82, 2.24) is 15.1 Å². The van der Waals surface area contributed by atoms with Crippen molar-refractivity contribution in [3.05, 3.63) is 46.2 Å². The number of amides is 2. The van der Waals surface area contributed by atoms with Crippen molar-refractivity contribution in [3.8, 4) is 0 Å². The molecule has 2 aromatic rings. The normalized spacial score (nSPS) is 17.0. The van der Waals surface area contributed by atoms with Gasteiger partial charge in [0.15, 0.2) is 0 Å². The zero-order chi connectivity index (χ0) is 19.4. The molecule has 1 saturated heterocycles. The van der Waals surface area contributed by atoms with Gasteiger partial charge in [-0.3, -0.25) is 14.7 Å². The number of nitrogens with one attached hydrogen (secondary N) is 2. The number of piperidine rings is 1. The van der Waals surface area contributed by atoms with Gasteiger partial charge < -0.3 is 15.0 Å². The van der Waals surface area contributed by atoms with E-state index >= 15 is 0 Å². The minimum atomic E-state index is -0.238. The fourth-order valence-corrected chi connectivity index (χ4v) is 3.51. The number of aromatic nitrogens is 2. The predicted molar refractivity (Wildman–Crippen MR) is 103 cm³/mol. The first-order valence-corrected chi connectivity index (χ1v) is 9.25. The maximum absolute atomic E-state index is 12.9. The Kier molecular flexibility index (Phi) is 6.13. The van der Waals surface area contributed by atoms with Crippen LogP contribution in [-0.2, 0) is 9.53 Å². The SMILES string of the molecule is COCC(=O)Nc1cn[nH]c1C1CCCN(C(=O)c2ccc(C)c(Cl)c2)C1. The Labute approximate surface area is 163 Å². The third kappa shape index (κ3) is 4.48. The molecule has 27 heavy (non-hydrogen) atoms. The number of benzene rings is 1. The molecule has 144 valence electrons. The van der Waals surface area contributed by atoms with Gasteiger partial charge >= 0.3 is 0 Å². The molecule has 8 heteroatoms. The lowest BCUT2D eigenvalue weighted by atomic mass is 9.93. The van der Waals surface area contributed by atoms with Gasteiger partial charge in [0.2, 0.25) is 5.91 Å². The van der Waals surface area contributed by atoms with E-state index in [2.05, 4.69) is 15.5 Å². The molecule has 1 aliphatic rings. The number of nitrogens with zero attached hydrogens (tertiary/aromatic N) is 2. The number of rotatable bonds is 5. The number of methoxy groups -OCH3 is 1. The third-order valence-electron chi connectivity index (χ3n) is 4.75. The van der Waals surface area contributed by atoms with Crippen LogP contribution < -0.4 is 5.32 Å². The van der Waals surface area contributed by atoms with E-state index in [0.29, 0.717) is 29.4 Å². The molecule has 0 radical (unpaired) electrons. The van der Waals surface area contributed by atoms with Gasteiger partial charge in [0.1, 0.15) is 6.61 Å². The highest BCUT2D eigenvalue weighted by atomic mass is 35.5. The molecule has 1 aliphatic heterocycles. The van der Waals surface area contributed by atoms with Crippen LogP contribution in [-0.4, -0.2) is 53.7 Å². The van der Waals surface area contributed by atoms with Crippen molar-refractivity contribution >= 4 is 29.1 Å². The fourth-order valence-electron chi connectivity index (χ4n) is 3.33. The van der Waals surface area contributed by atoms with Crippen LogP contribution in [0.4, 0.5) is 5.69 Å². The largest absolute Gasteiger partial charge is 0.375 e. The zero-order valence-corrected chi connectivity index (χ0v) is 16.2. The number of halogens is 1. The van der Waals surface area contributed by atoms with E-state index < -0.39 is 0 Å². The average molecular weight is 391 g/mol. The number of hydrogen-bond acceptors (Lipinski definition) is 4. The third-order valence-corrected chi connectivity index (χ3v) is 5.16. The Morgan fingerprint density at radius 1 is 1.44 bits per heavy atom. The van der Waals surface area contributed by atoms with Gasteiger partial charge in [-0.1, -0.05) is 17.7 Å². The number of aromatic amines is 1. The molecule has 3 rings (SSSR count). The van der Waals surface area contributed by atoms with Crippen LogP contribution in [0.3, 0.4) is 0 Å². The summed E-state index contributed by atoms with van der Waals surface area (Å²) in [6, 6.07) is 5.38. The van der Waals surface area contributed by atoms with Crippen molar-refractivity contribution in [2.75, 3.05) is 32.1 Å². The number of H-pyrrole nitrogens is 1. The molecule has 0 saturated carbocycles. The summed E-state index contributed by atoms with van der Waals surface area (Å²) >= 11 is 6.17. The van der Waals surface area contributed by atoms with Gasteiger partial charge in [-0.15, -0.1) is 0 Å². The van der Waals surface area contributed by atoms with Crippen LogP contribution in [0.25, 0.3) is 0 Å². The number of likely N-dealkylation sites (tertiary alicyclic amines) is 1. The van der Waals surface area contributed by atoms with E-state index in [4.69, 9.17) is 16.3 Å². The summed E-state index contributed by atoms with van der Waals surface area (Å²) in [7, 11) is 1.47. The van der Waals surface area contributed by atoms with Crippen LogP contribution in [0.1, 0.15) is 40.4 Å². The highest BCUT2D eigenvalue weighted by molar-refractivity contribution is 6.31. The maximum Gasteiger partial charge on any atom is 0.253 e. The van der Waals surface area contributed by atoms with Crippen LogP contribution in [0, 0.1) is 6.92 Å². The molecular formula is C19H23ClN4O3. The van der Waals surface area contributed by atoms with Crippen molar-refractivity contribution in [3.63, 3.8) is 0 Å². The topological polar surface area (TPSA) is 87.3 Å². The lowest BCUT2D eigenvalue weighted by Crippen LogP contribution is -2.39. The summed E-state index contributed by atoms with van der Waals surface area (Å²) < 4.78 is 4.85. The monoisotopic (exact) mass is 390 g/mol. The lowest BCUT2D eigenvalue weighted by Gasteiger charge is -2.32. The Morgan fingerprint density at radius 2 is 2.26 bits per heavy atom. The number of carbonyl (C=O) groups excluding carboxylic acids is 2. The first-order chi connectivity index (χ1) is 13.0. The summed E-state index contributed by atoms with van der Waals surface area (Å²) in [4.78, 5) is 26.5. The molecule has 0 aliphatic carbocycles. The highest BCUT2D eigenvalue weighted by Gasteiger charge is 2.28. The van der Waals surface area contributed by atoms with Gasteiger partial charge in [0, 0.05) is 36.7 Å². The molecule has 7 nitrogen and oxygen atoms in total. The van der Waals surface area contributed by atoms with E-state index in [9.17, 15) is 9.59 Å². The van der Waals surface area contributed by atoms with E-state index in [0.717, 1.165) is 24.1 Å². The fraction of sp³-hybridized carbons (Fsp3) is 0.421. The highest BCUT2D eigenvalue weighted by Crippen LogP contribution is 2.31. The van der Waals surface area contributed by atoms with Gasteiger partial charge in [0.05, 0.1) is 17.6 Å². The summed E-state index contributed by atoms with van der Waals surface area (Å²) in [5, 5.41) is 10.4. The average Bonchev–Trinajstić information content (AvgIpc) is 3.11. The molecule has 1 fully saturated rings. The van der Waals surface area contributed by atoms with Crippen molar-refractivity contribution in [1.29, 1.82) is 0 Å². The Morgan fingerprint density at radius 3 is 3.00 bits per heavy atom. The quantitative estimate of drug-likeness (QED) is 0.821. The summed E-state index contributed by atoms with van der Waals surface area (Å²) in [5.41, 5.74) is 3.00. The van der Waals surface area contributed by atoms with Gasteiger partial charge in [-0.2, -0.15) is 5.10 Å². The minimum absolute atomic E-state index is 0.0198. The Bertz CT molecular complexity index is 836. The molecule has 0 bridgehead atoms. The summed E-state index contributed by atoms with van der Waals surface area (Å²) in [6.07, 6.45) is 3.37. The van der Waals surface area contributed by atoms with E-state index in [1.807, 2.05) is 17.9 Å². The van der Waals surface area contributed by atoms with Gasteiger partial charge in [-0.25, -0.2) is 0 Å². The molecule has 2 amide bonds. The molecule has 2 heterocycles. The standard InChI is InChI=1S/C19H23ClN4O3/c1-12-5-6-13(8-15(12)20)19(26)24-7-3-4-14(10-24)18-16(9-21-23-18)22-17(25)11-27-2/h5-6,8-9,14H,3-4,7,10-11H2,1-2H3,(H,21,23)(H,22,25). The predicted octanol–water partition coefficient (Wildman–Crippen LogP) is 2.98. The van der Waals surface area contributed by atoms with E-state index in [1.54, 1.807) is 18.3 Å². The lowest BCUT2D eigenvalue weighted by molar-refractivity contribution is -0.119. The molecule has 1 unspecified atom stereocenters. The van der Waals surface area contributed by atoms with E-state index in [-0.39, 0.29) is 24.3 Å². The smallest absolute Gasteiger partial charge is 0.253 e. The second-order valence-corrected chi connectivity index (χ2v) is 7.14. The first kappa shape index (κ1) is 19.4. The number of hydrogen-bond donors (Lipinski definition) is 2. The first-order valence-electron chi connectivity index (χ1n) is 8.87. The van der Waals surface area contributed by atoms with Gasteiger partial charge in [-0.05, 0) is 37.5 Å². The maximum atomic E-state index is 12.9. The molecular weight excluding hydrogens is 368 g/mol. The molecule has 0 spiro atoms. The number of aryl methyl sites for hydroxylation is 1. The number of carbonyl (C=O) groups is 2. The van der Waals surface area contributed by atoms with Crippen LogP contribution in [0.2, 0.25) is 5.02 Å². The van der Waals surface area contributed by atoms with E-state index in [1.165, 1.54) is 7.11 Å². The second-order valence-electron chi connectivity index (χ2n) is 6.73. The molecule has 1 aromatic carbocycles. The second kappa shape index (κ2) is 8.54. The number of ether oxygens (including phenoxy) is 1. The molecule has 1 aromatic heterocycles. The van der Waals surface area contributed by atoms with Crippen LogP contribution in [0.15, 0.2) is 24.4 Å². The van der Waals surface area contributed by atoms with Crippen molar-refractivity contribution < 1.29 is 14.3 Å². The summed E-state index contributed by atoms with van der Waals surface area (Å²) in [5.74, 6) is -0.201. The van der Waals surface area contributed by atoms with Gasteiger partial charge in [0.25, 0.3) is 5.91 Å². The van der Waals surface area contributed by atoms with Crippen LogP contribution >= 0.6 is 11.6 Å². The zero-order valence-electron chi connectivity index (χ0n) is 15.4. The van der Waals surface area contributed by atoms with Crippen LogP contribution in [0.5, 0.6) is 0 Å². The minimum Gasteiger partial charge on any atom is -0.375 e. The Balaban J connectivity index is 1.73. The summed E-state index contributed by atoms with van der Waals surface area (Å²) in [6.45, 7) is 3.14.